The van der Waals surface area contributed by atoms with E-state index in [0.29, 0.717) is 5.92 Å². The lowest BCUT2D eigenvalue weighted by Gasteiger charge is -2.47. The van der Waals surface area contributed by atoms with Crippen molar-refractivity contribution >= 4 is 39.1 Å². The Morgan fingerprint density at radius 3 is 2.83 bits per heavy atom. The first-order valence-electron chi connectivity index (χ1n) is 10.2. The Kier molecular flexibility index (Phi) is 4.07. The number of imidazole rings is 1. The van der Waals surface area contributed by atoms with Crippen LogP contribution >= 0.6 is 11.3 Å². The third-order valence-electron chi connectivity index (χ3n) is 6.17. The lowest BCUT2D eigenvalue weighted by molar-refractivity contribution is 0.381. The highest BCUT2D eigenvalue weighted by molar-refractivity contribution is 7.15. The van der Waals surface area contributed by atoms with Crippen molar-refractivity contribution in [2.75, 3.05) is 11.4 Å². The normalized spacial score (nSPS) is 19.2. The van der Waals surface area contributed by atoms with E-state index in [1.807, 2.05) is 30.3 Å². The van der Waals surface area contributed by atoms with Crippen molar-refractivity contribution in [1.82, 2.24) is 9.38 Å². The van der Waals surface area contributed by atoms with Crippen LogP contribution in [0.4, 0.5) is 5.69 Å². The third-order valence-corrected chi connectivity index (χ3v) is 7.14. The number of fused-ring (bicyclic) bond motifs is 4. The maximum atomic E-state index is 13.0. The predicted molar refractivity (Wildman–Crippen MR) is 122 cm³/mol. The Bertz CT molecular complexity index is 1350. The first-order chi connectivity index (χ1) is 13.9. The molecular weight excluding hydrogens is 378 g/mol. The number of nitrogens with zero attached hydrogens (tertiary/aromatic N) is 3. The molecule has 4 aromatic rings. The van der Waals surface area contributed by atoms with Crippen LogP contribution in [0.1, 0.15) is 51.2 Å². The first kappa shape index (κ1) is 18.4. The van der Waals surface area contributed by atoms with Gasteiger partial charge in [-0.25, -0.2) is 9.38 Å². The van der Waals surface area contributed by atoms with Gasteiger partial charge in [-0.1, -0.05) is 36.5 Å². The van der Waals surface area contributed by atoms with E-state index in [1.165, 1.54) is 22.6 Å². The Morgan fingerprint density at radius 1 is 1.24 bits per heavy atom. The molecule has 1 atom stereocenters. The molecule has 3 heterocycles. The number of hydrogen-bond donors (Lipinski definition) is 0. The molecule has 2 aromatic carbocycles. The van der Waals surface area contributed by atoms with Crippen LogP contribution in [0, 0.1) is 0 Å². The summed E-state index contributed by atoms with van der Waals surface area (Å²) in [7, 11) is 0. The van der Waals surface area contributed by atoms with Crippen molar-refractivity contribution in [3.05, 3.63) is 68.5 Å². The van der Waals surface area contributed by atoms with Gasteiger partial charge in [-0.05, 0) is 74.6 Å². The highest BCUT2D eigenvalue weighted by Gasteiger charge is 2.35. The van der Waals surface area contributed by atoms with Gasteiger partial charge in [0.25, 0.3) is 5.56 Å². The fourth-order valence-electron chi connectivity index (χ4n) is 4.96. The molecule has 5 rings (SSSR count). The summed E-state index contributed by atoms with van der Waals surface area (Å²) < 4.78 is 2.46. The van der Waals surface area contributed by atoms with Gasteiger partial charge < -0.3 is 4.90 Å². The van der Waals surface area contributed by atoms with E-state index in [4.69, 9.17) is 0 Å². The first-order valence-corrected chi connectivity index (χ1v) is 11.0. The summed E-state index contributed by atoms with van der Waals surface area (Å²) in [5.41, 5.74) is 5.70. The predicted octanol–water partition coefficient (Wildman–Crippen LogP) is 4.57. The van der Waals surface area contributed by atoms with Gasteiger partial charge in [-0.15, -0.1) is 0 Å². The second kappa shape index (κ2) is 6.42. The summed E-state index contributed by atoms with van der Waals surface area (Å²) in [5, 5.41) is 0. The van der Waals surface area contributed by atoms with Crippen molar-refractivity contribution in [1.29, 1.82) is 0 Å². The smallest absolute Gasteiger partial charge is 0.274 e. The number of benzene rings is 2. The average Bonchev–Trinajstić information content (AvgIpc) is 3.18. The van der Waals surface area contributed by atoms with Crippen LogP contribution in [0.3, 0.4) is 0 Å². The molecule has 0 fully saturated rings. The molecule has 0 aliphatic carbocycles. The Labute approximate surface area is 174 Å². The van der Waals surface area contributed by atoms with Crippen LogP contribution in [0.5, 0.6) is 0 Å². The SMILES string of the molecule is CCN1c2ccc(/C=c3\sc4nc5ccccc5n4c3=O)cc2[C@@H](C)CC1(C)C. The van der Waals surface area contributed by atoms with Crippen LogP contribution in [0.25, 0.3) is 22.1 Å². The van der Waals surface area contributed by atoms with E-state index in [1.54, 1.807) is 4.40 Å². The number of aromatic nitrogens is 2. The molecule has 5 heteroatoms. The Balaban J connectivity index is 1.65. The minimum Gasteiger partial charge on any atom is -0.366 e. The van der Waals surface area contributed by atoms with Crippen LogP contribution < -0.4 is 15.0 Å². The van der Waals surface area contributed by atoms with E-state index in [0.717, 1.165) is 39.1 Å². The van der Waals surface area contributed by atoms with E-state index >= 15 is 0 Å². The van der Waals surface area contributed by atoms with Gasteiger partial charge in [0, 0.05) is 17.8 Å². The van der Waals surface area contributed by atoms with Crippen LogP contribution in [0.15, 0.2) is 47.3 Å². The molecule has 1 aliphatic heterocycles. The zero-order valence-electron chi connectivity index (χ0n) is 17.3. The van der Waals surface area contributed by atoms with E-state index < -0.39 is 0 Å². The zero-order valence-corrected chi connectivity index (χ0v) is 18.1. The lowest BCUT2D eigenvalue weighted by atomic mass is 9.79. The summed E-state index contributed by atoms with van der Waals surface area (Å²) in [4.78, 5) is 20.9. The number of para-hydroxylation sites is 2. The molecule has 0 spiro atoms. The fourth-order valence-corrected chi connectivity index (χ4v) is 5.95. The second-order valence-corrected chi connectivity index (χ2v) is 9.62. The number of rotatable bonds is 2. The molecule has 0 N–H and O–H groups in total. The topological polar surface area (TPSA) is 37.6 Å². The molecule has 148 valence electrons. The summed E-state index contributed by atoms with van der Waals surface area (Å²) in [6.07, 6.45) is 3.14. The molecular formula is C24H25N3OS. The molecule has 0 saturated heterocycles. The zero-order chi connectivity index (χ0) is 20.3. The van der Waals surface area contributed by atoms with E-state index in [9.17, 15) is 4.79 Å². The van der Waals surface area contributed by atoms with E-state index in [-0.39, 0.29) is 11.1 Å². The standard InChI is InChI=1S/C24H25N3OS/c1-5-26-19-11-10-16(12-17(19)15(2)14-24(26,3)4)13-21-22(28)27-20-9-7-6-8-18(20)25-23(27)29-21/h6-13,15H,5,14H2,1-4H3/b21-13-/t15-/m0/s1. The number of hydrogen-bond acceptors (Lipinski definition) is 4. The highest BCUT2D eigenvalue weighted by atomic mass is 32.1. The van der Waals surface area contributed by atoms with E-state index in [2.05, 4.69) is 55.8 Å². The van der Waals surface area contributed by atoms with Crippen LogP contribution in [-0.2, 0) is 0 Å². The van der Waals surface area contributed by atoms with Gasteiger partial charge in [0.1, 0.15) is 0 Å². The molecule has 4 nitrogen and oxygen atoms in total. The fraction of sp³-hybridized carbons (Fsp3) is 0.333. The quantitative estimate of drug-likeness (QED) is 0.492. The molecule has 0 bridgehead atoms. The van der Waals surface area contributed by atoms with Crippen molar-refractivity contribution in [3.63, 3.8) is 0 Å². The maximum Gasteiger partial charge on any atom is 0.274 e. The van der Waals surface area contributed by atoms with Gasteiger partial charge >= 0.3 is 0 Å². The number of thiazole rings is 1. The highest BCUT2D eigenvalue weighted by Crippen LogP contribution is 2.43. The Hall–Kier alpha value is -2.66. The Morgan fingerprint density at radius 2 is 2.03 bits per heavy atom. The summed E-state index contributed by atoms with van der Waals surface area (Å²) in [5.74, 6) is 0.493. The molecule has 2 aromatic heterocycles. The second-order valence-electron chi connectivity index (χ2n) is 8.61. The van der Waals surface area contributed by atoms with Crippen molar-refractivity contribution in [2.45, 2.75) is 45.6 Å². The average molecular weight is 404 g/mol. The van der Waals surface area contributed by atoms with Crippen molar-refractivity contribution in [3.8, 4) is 0 Å². The van der Waals surface area contributed by atoms with Gasteiger partial charge in [-0.2, -0.15) is 0 Å². The maximum absolute atomic E-state index is 13.0. The molecule has 29 heavy (non-hydrogen) atoms. The molecule has 1 aliphatic rings. The van der Waals surface area contributed by atoms with Gasteiger partial charge in [0.15, 0.2) is 4.96 Å². The monoisotopic (exact) mass is 403 g/mol. The van der Waals surface area contributed by atoms with Gasteiger partial charge in [0.05, 0.1) is 15.6 Å². The lowest BCUT2D eigenvalue weighted by Crippen LogP contribution is -2.48. The van der Waals surface area contributed by atoms with Crippen LogP contribution in [0.2, 0.25) is 0 Å². The van der Waals surface area contributed by atoms with Crippen LogP contribution in [-0.4, -0.2) is 21.5 Å². The number of anilines is 1. The summed E-state index contributed by atoms with van der Waals surface area (Å²) >= 11 is 1.46. The molecule has 0 amide bonds. The minimum absolute atomic E-state index is 0.0146. The van der Waals surface area contributed by atoms with Gasteiger partial charge in [-0.3, -0.25) is 4.79 Å². The van der Waals surface area contributed by atoms with Gasteiger partial charge in [0.2, 0.25) is 0 Å². The molecule has 0 unspecified atom stereocenters. The van der Waals surface area contributed by atoms with Crippen molar-refractivity contribution < 1.29 is 0 Å². The third kappa shape index (κ3) is 2.79. The summed E-state index contributed by atoms with van der Waals surface area (Å²) in [6.45, 7) is 10.2. The minimum atomic E-state index is 0.0146. The summed E-state index contributed by atoms with van der Waals surface area (Å²) in [6, 6.07) is 14.4. The largest absolute Gasteiger partial charge is 0.366 e. The molecule has 0 saturated carbocycles. The molecule has 0 radical (unpaired) electrons. The van der Waals surface area contributed by atoms with Crippen molar-refractivity contribution in [2.24, 2.45) is 0 Å².